The third kappa shape index (κ3) is 2.32. The van der Waals surface area contributed by atoms with E-state index in [2.05, 4.69) is 5.10 Å². The van der Waals surface area contributed by atoms with Gasteiger partial charge in [-0.15, -0.1) is 0 Å². The molecule has 1 aromatic rings. The first-order chi connectivity index (χ1) is 7.25. The molecule has 1 aromatic heterocycles. The first-order valence-corrected chi connectivity index (χ1v) is 4.48. The van der Waals surface area contributed by atoms with Crippen LogP contribution in [0.1, 0.15) is 12.6 Å². The van der Waals surface area contributed by atoms with Gasteiger partial charge in [-0.3, -0.25) is 14.8 Å². The zero-order valence-corrected chi connectivity index (χ0v) is 8.85. The highest BCUT2D eigenvalue weighted by Gasteiger charge is 2.34. The molecule has 0 radical (unpaired) electrons. The van der Waals surface area contributed by atoms with E-state index in [9.17, 15) is 18.9 Å². The lowest BCUT2D eigenvalue weighted by molar-refractivity contribution is -0.385. The summed E-state index contributed by atoms with van der Waals surface area (Å²) >= 11 is 0. The Labute approximate surface area is 90.2 Å². The lowest BCUT2D eigenvalue weighted by Gasteiger charge is -2.22. The van der Waals surface area contributed by atoms with Crippen molar-refractivity contribution in [1.29, 1.82) is 0 Å². The second-order valence-corrected chi connectivity index (χ2v) is 3.84. The highest BCUT2D eigenvalue weighted by molar-refractivity contribution is 5.34. The van der Waals surface area contributed by atoms with Gasteiger partial charge >= 0.3 is 5.69 Å². The lowest BCUT2D eigenvalue weighted by atomic mass is 9.97. The van der Waals surface area contributed by atoms with Crippen LogP contribution >= 0.6 is 0 Å². The predicted molar refractivity (Wildman–Crippen MR) is 52.2 cm³/mol. The van der Waals surface area contributed by atoms with Crippen LogP contribution in [0.4, 0.5) is 14.5 Å². The standard InChI is InChI=1S/C8H12F2N4O2/c1-8(11,7(9)10)3-5-6(14(15)16)4-12-13(5)2/h4,7H,3,11H2,1-2H3. The van der Waals surface area contributed by atoms with Gasteiger partial charge in [-0.1, -0.05) is 0 Å². The first-order valence-electron chi connectivity index (χ1n) is 4.48. The summed E-state index contributed by atoms with van der Waals surface area (Å²) in [6.07, 6.45) is -2.05. The van der Waals surface area contributed by atoms with E-state index in [-0.39, 0.29) is 17.8 Å². The third-order valence-electron chi connectivity index (χ3n) is 2.28. The fourth-order valence-electron chi connectivity index (χ4n) is 1.25. The fraction of sp³-hybridized carbons (Fsp3) is 0.625. The Bertz CT molecular complexity index is 403. The molecule has 0 aromatic carbocycles. The van der Waals surface area contributed by atoms with E-state index in [0.717, 1.165) is 13.1 Å². The molecule has 0 aliphatic rings. The molecule has 6 nitrogen and oxygen atoms in total. The van der Waals surface area contributed by atoms with Crippen LogP contribution in [0.25, 0.3) is 0 Å². The number of nitrogens with zero attached hydrogens (tertiary/aromatic N) is 3. The zero-order valence-electron chi connectivity index (χ0n) is 8.85. The summed E-state index contributed by atoms with van der Waals surface area (Å²) in [7, 11) is 1.45. The monoisotopic (exact) mass is 234 g/mol. The maximum atomic E-state index is 12.5. The smallest absolute Gasteiger partial charge is 0.310 e. The number of halogens is 2. The maximum Gasteiger partial charge on any atom is 0.310 e. The highest BCUT2D eigenvalue weighted by atomic mass is 19.3. The summed E-state index contributed by atoms with van der Waals surface area (Å²) < 4.78 is 26.3. The van der Waals surface area contributed by atoms with Gasteiger partial charge in [-0.25, -0.2) is 8.78 Å². The fourth-order valence-corrected chi connectivity index (χ4v) is 1.25. The number of nitro groups is 1. The van der Waals surface area contributed by atoms with Crippen LogP contribution in [-0.2, 0) is 13.5 Å². The van der Waals surface area contributed by atoms with Crippen LogP contribution in [0.5, 0.6) is 0 Å². The van der Waals surface area contributed by atoms with Crippen LogP contribution in [0.15, 0.2) is 6.20 Å². The normalized spacial score (nSPS) is 15.1. The number of aromatic nitrogens is 2. The van der Waals surface area contributed by atoms with Crippen molar-refractivity contribution in [3.05, 3.63) is 22.0 Å². The molecule has 0 fully saturated rings. The summed E-state index contributed by atoms with van der Waals surface area (Å²) in [5, 5.41) is 14.3. The van der Waals surface area contributed by atoms with Crippen LogP contribution in [0.3, 0.4) is 0 Å². The summed E-state index contributed by atoms with van der Waals surface area (Å²) in [6.45, 7) is 1.15. The van der Waals surface area contributed by atoms with Gasteiger partial charge in [0.05, 0.1) is 10.5 Å². The molecule has 0 saturated heterocycles. The molecule has 1 unspecified atom stereocenters. The van der Waals surface area contributed by atoms with Gasteiger partial charge in [0, 0.05) is 13.5 Å². The molecule has 2 N–H and O–H groups in total. The molecule has 1 atom stereocenters. The largest absolute Gasteiger partial charge is 0.320 e. The van der Waals surface area contributed by atoms with E-state index in [1.165, 1.54) is 11.7 Å². The molecule has 8 heteroatoms. The van der Waals surface area contributed by atoms with Crippen LogP contribution in [-0.4, -0.2) is 26.7 Å². The van der Waals surface area contributed by atoms with E-state index in [1.54, 1.807) is 0 Å². The van der Waals surface area contributed by atoms with E-state index in [1.807, 2.05) is 0 Å². The average Bonchev–Trinajstić information content (AvgIpc) is 2.47. The molecule has 1 rings (SSSR count). The summed E-state index contributed by atoms with van der Waals surface area (Å²) in [4.78, 5) is 9.95. The Kier molecular flexibility index (Phi) is 3.22. The van der Waals surface area contributed by atoms with Gasteiger partial charge in [0.15, 0.2) is 0 Å². The van der Waals surface area contributed by atoms with Crippen molar-refractivity contribution in [1.82, 2.24) is 9.78 Å². The molecule has 0 spiro atoms. The van der Waals surface area contributed by atoms with Crippen molar-refractivity contribution in [2.45, 2.75) is 25.3 Å². The SMILES string of the molecule is Cn1ncc([N+](=O)[O-])c1CC(C)(N)C(F)F. The van der Waals surface area contributed by atoms with E-state index in [4.69, 9.17) is 5.73 Å². The quantitative estimate of drug-likeness (QED) is 0.618. The zero-order chi connectivity index (χ0) is 12.5. The molecular formula is C8H12F2N4O2. The van der Waals surface area contributed by atoms with E-state index >= 15 is 0 Å². The van der Waals surface area contributed by atoms with Crippen molar-refractivity contribution < 1.29 is 13.7 Å². The topological polar surface area (TPSA) is 87.0 Å². The second-order valence-electron chi connectivity index (χ2n) is 3.84. The lowest BCUT2D eigenvalue weighted by Crippen LogP contribution is -2.46. The van der Waals surface area contributed by atoms with Gasteiger partial charge in [0.25, 0.3) is 6.43 Å². The molecular weight excluding hydrogens is 222 g/mol. The van der Waals surface area contributed by atoms with Gasteiger partial charge in [0.2, 0.25) is 0 Å². The first kappa shape index (κ1) is 12.5. The molecule has 0 amide bonds. The summed E-state index contributed by atoms with van der Waals surface area (Å²) in [5.41, 5.74) is 3.37. The molecule has 90 valence electrons. The number of alkyl halides is 2. The Morgan fingerprint density at radius 2 is 2.31 bits per heavy atom. The molecule has 0 aliphatic heterocycles. The number of hydrogen-bond donors (Lipinski definition) is 1. The number of nitrogens with two attached hydrogens (primary N) is 1. The maximum absolute atomic E-state index is 12.5. The average molecular weight is 234 g/mol. The van der Waals surface area contributed by atoms with Crippen molar-refractivity contribution in [2.75, 3.05) is 0 Å². The Hall–Kier alpha value is -1.57. The van der Waals surface area contributed by atoms with E-state index in [0.29, 0.717) is 0 Å². The van der Waals surface area contributed by atoms with Crippen molar-refractivity contribution in [3.8, 4) is 0 Å². The van der Waals surface area contributed by atoms with Crippen molar-refractivity contribution in [2.24, 2.45) is 12.8 Å². The minimum Gasteiger partial charge on any atom is -0.320 e. The van der Waals surface area contributed by atoms with Gasteiger partial charge < -0.3 is 5.73 Å². The van der Waals surface area contributed by atoms with Crippen LogP contribution in [0.2, 0.25) is 0 Å². The molecule has 0 saturated carbocycles. The van der Waals surface area contributed by atoms with Crippen molar-refractivity contribution in [3.63, 3.8) is 0 Å². The Morgan fingerprint density at radius 1 is 1.75 bits per heavy atom. The van der Waals surface area contributed by atoms with E-state index < -0.39 is 16.9 Å². The Morgan fingerprint density at radius 3 is 2.75 bits per heavy atom. The van der Waals surface area contributed by atoms with Crippen LogP contribution < -0.4 is 5.73 Å². The molecule has 0 bridgehead atoms. The summed E-state index contributed by atoms with van der Waals surface area (Å²) in [5.74, 6) is 0. The Balaban J connectivity index is 3.05. The summed E-state index contributed by atoms with van der Waals surface area (Å²) in [6, 6.07) is 0. The minimum atomic E-state index is -2.76. The second kappa shape index (κ2) is 4.12. The van der Waals surface area contributed by atoms with Gasteiger partial charge in [0.1, 0.15) is 11.9 Å². The third-order valence-corrected chi connectivity index (χ3v) is 2.28. The molecule has 16 heavy (non-hydrogen) atoms. The van der Waals surface area contributed by atoms with Gasteiger partial charge in [-0.05, 0) is 6.92 Å². The minimum absolute atomic E-state index is 0.0929. The van der Waals surface area contributed by atoms with Crippen LogP contribution in [0, 0.1) is 10.1 Å². The number of hydrogen-bond acceptors (Lipinski definition) is 4. The number of rotatable bonds is 4. The van der Waals surface area contributed by atoms with Gasteiger partial charge in [-0.2, -0.15) is 5.10 Å². The van der Waals surface area contributed by atoms with Crippen molar-refractivity contribution >= 4 is 5.69 Å². The predicted octanol–water partition coefficient (Wildman–Crippen LogP) is 0.853. The number of aryl methyl sites for hydroxylation is 1. The molecule has 0 aliphatic carbocycles. The highest BCUT2D eigenvalue weighted by Crippen LogP contribution is 2.24. The molecule has 1 heterocycles.